The molecule has 0 saturated heterocycles. The lowest BCUT2D eigenvalue weighted by Crippen LogP contribution is -2.55. The zero-order chi connectivity index (χ0) is 18.1. The van der Waals surface area contributed by atoms with Crippen molar-refractivity contribution in [3.8, 4) is 0 Å². The van der Waals surface area contributed by atoms with E-state index in [0.29, 0.717) is 18.9 Å². The normalized spacial score (nSPS) is 21.5. The highest BCUT2D eigenvalue weighted by Crippen LogP contribution is 2.37. The van der Waals surface area contributed by atoms with Gasteiger partial charge in [0.05, 0.1) is 0 Å². The summed E-state index contributed by atoms with van der Waals surface area (Å²) in [6.07, 6.45) is 0.245. The molecule has 0 bridgehead atoms. The fraction of sp³-hybridized carbons (Fsp3) is 0.529. The van der Waals surface area contributed by atoms with Gasteiger partial charge in [-0.25, -0.2) is 18.0 Å². The monoisotopic (exact) mass is 343 g/mol. The van der Waals surface area contributed by atoms with Crippen molar-refractivity contribution in [2.24, 2.45) is 0 Å². The number of Topliss-reactive ketones (excluding diaryl/α,β-unsaturated/α-hetero) is 1. The molecule has 1 N–H and O–H groups in total. The van der Waals surface area contributed by atoms with E-state index in [1.54, 1.807) is 20.8 Å². The van der Waals surface area contributed by atoms with Gasteiger partial charge in [0.1, 0.15) is 17.0 Å². The van der Waals surface area contributed by atoms with E-state index in [-0.39, 0.29) is 12.8 Å². The molecule has 0 heterocycles. The van der Waals surface area contributed by atoms with Crippen molar-refractivity contribution in [2.75, 3.05) is 0 Å². The Hall–Kier alpha value is -2.05. The maximum atomic E-state index is 14.3. The first-order chi connectivity index (χ1) is 11.0. The molecular formula is C17H20F3NO3. The molecule has 1 aliphatic carbocycles. The summed E-state index contributed by atoms with van der Waals surface area (Å²) in [5.41, 5.74) is -3.17. The van der Waals surface area contributed by atoms with Crippen molar-refractivity contribution >= 4 is 11.9 Å². The van der Waals surface area contributed by atoms with Crippen LogP contribution in [-0.4, -0.2) is 17.5 Å². The van der Waals surface area contributed by atoms with Crippen LogP contribution in [0.2, 0.25) is 0 Å². The lowest BCUT2D eigenvalue weighted by molar-refractivity contribution is -0.128. The first-order valence-corrected chi connectivity index (χ1v) is 7.75. The molecule has 4 nitrogen and oxygen atoms in total. The van der Waals surface area contributed by atoms with Gasteiger partial charge in [0.25, 0.3) is 0 Å². The summed E-state index contributed by atoms with van der Waals surface area (Å²) < 4.78 is 46.6. The summed E-state index contributed by atoms with van der Waals surface area (Å²) in [6, 6.07) is 1.15. The molecule has 1 atom stereocenters. The molecule has 1 fully saturated rings. The number of hydrogen-bond acceptors (Lipinski definition) is 3. The third-order valence-corrected chi connectivity index (χ3v) is 3.85. The average Bonchev–Trinajstić information content (AvgIpc) is 2.43. The topological polar surface area (TPSA) is 55.4 Å². The van der Waals surface area contributed by atoms with Gasteiger partial charge in [-0.1, -0.05) is 0 Å². The molecule has 0 aliphatic heterocycles. The molecule has 1 aliphatic rings. The standard InChI is InChI=1S/C17H20F3NO3/c1-16(2,3)24-15(23)21-17(7-5-4-6-13(17)22)11-8-10(18)9-12(19)14(11)20/h8-9H,4-7H2,1-3H3,(H,21,23). The van der Waals surface area contributed by atoms with Crippen molar-refractivity contribution in [1.29, 1.82) is 0 Å². The summed E-state index contributed by atoms with van der Waals surface area (Å²) in [6.45, 7) is 4.89. The Bertz CT molecular complexity index is 670. The third kappa shape index (κ3) is 3.71. The van der Waals surface area contributed by atoms with E-state index in [9.17, 15) is 22.8 Å². The fourth-order valence-corrected chi connectivity index (χ4v) is 2.86. The van der Waals surface area contributed by atoms with Gasteiger partial charge in [-0.05, 0) is 46.1 Å². The minimum Gasteiger partial charge on any atom is -0.444 e. The zero-order valence-corrected chi connectivity index (χ0v) is 13.8. The minimum atomic E-state index is -1.83. The Morgan fingerprint density at radius 2 is 1.88 bits per heavy atom. The number of rotatable bonds is 2. The molecule has 2 rings (SSSR count). The van der Waals surface area contributed by atoms with Crippen molar-refractivity contribution < 1.29 is 27.5 Å². The number of hydrogen-bond donors (Lipinski definition) is 1. The third-order valence-electron chi connectivity index (χ3n) is 3.85. The van der Waals surface area contributed by atoms with Crippen LogP contribution in [0.1, 0.15) is 52.0 Å². The zero-order valence-electron chi connectivity index (χ0n) is 13.8. The van der Waals surface area contributed by atoms with Crippen LogP contribution >= 0.6 is 0 Å². The fourth-order valence-electron chi connectivity index (χ4n) is 2.86. The highest BCUT2D eigenvalue weighted by molar-refractivity contribution is 5.93. The molecule has 0 aromatic heterocycles. The van der Waals surface area contributed by atoms with Gasteiger partial charge >= 0.3 is 6.09 Å². The number of nitrogens with one attached hydrogen (secondary N) is 1. The summed E-state index contributed by atoms with van der Waals surface area (Å²) in [4.78, 5) is 24.6. The quantitative estimate of drug-likeness (QED) is 0.827. The molecule has 1 saturated carbocycles. The van der Waals surface area contributed by atoms with Crippen LogP contribution < -0.4 is 5.32 Å². The summed E-state index contributed by atoms with van der Waals surface area (Å²) in [5.74, 6) is -4.27. The molecule has 1 amide bonds. The summed E-state index contributed by atoms with van der Waals surface area (Å²) in [7, 11) is 0. The van der Waals surface area contributed by atoms with Crippen LogP contribution in [0.15, 0.2) is 12.1 Å². The molecule has 1 aromatic rings. The Morgan fingerprint density at radius 3 is 2.46 bits per heavy atom. The number of benzene rings is 1. The van der Waals surface area contributed by atoms with Crippen LogP contribution in [0.3, 0.4) is 0 Å². The summed E-state index contributed by atoms with van der Waals surface area (Å²) in [5, 5.41) is 2.37. The molecule has 1 unspecified atom stereocenters. The highest BCUT2D eigenvalue weighted by Gasteiger charge is 2.46. The maximum absolute atomic E-state index is 14.3. The second-order valence-corrected chi connectivity index (χ2v) is 6.91. The minimum absolute atomic E-state index is 0.0465. The lowest BCUT2D eigenvalue weighted by atomic mass is 9.75. The maximum Gasteiger partial charge on any atom is 0.408 e. The first-order valence-electron chi connectivity index (χ1n) is 7.75. The first kappa shape index (κ1) is 18.3. The highest BCUT2D eigenvalue weighted by atomic mass is 19.2. The molecule has 0 radical (unpaired) electrons. The van der Waals surface area contributed by atoms with Crippen LogP contribution in [0, 0.1) is 17.5 Å². The predicted molar refractivity (Wildman–Crippen MR) is 80.8 cm³/mol. The van der Waals surface area contributed by atoms with E-state index in [1.807, 2.05) is 0 Å². The van der Waals surface area contributed by atoms with E-state index in [2.05, 4.69) is 5.32 Å². The van der Waals surface area contributed by atoms with E-state index >= 15 is 0 Å². The van der Waals surface area contributed by atoms with Gasteiger partial charge in [0.15, 0.2) is 17.4 Å². The number of carbonyl (C=O) groups is 2. The molecule has 132 valence electrons. The molecule has 0 spiro atoms. The second kappa shape index (κ2) is 6.45. The van der Waals surface area contributed by atoms with E-state index in [1.165, 1.54) is 0 Å². The van der Waals surface area contributed by atoms with Crippen molar-refractivity contribution in [1.82, 2.24) is 5.32 Å². The van der Waals surface area contributed by atoms with Crippen LogP contribution in [0.4, 0.5) is 18.0 Å². The number of amides is 1. The molecule has 1 aromatic carbocycles. The van der Waals surface area contributed by atoms with E-state index in [0.717, 1.165) is 6.07 Å². The van der Waals surface area contributed by atoms with Gasteiger partial charge in [0, 0.05) is 18.1 Å². The molecule has 7 heteroatoms. The van der Waals surface area contributed by atoms with Gasteiger partial charge in [0.2, 0.25) is 0 Å². The molecular weight excluding hydrogens is 323 g/mol. The van der Waals surface area contributed by atoms with Crippen molar-refractivity contribution in [3.63, 3.8) is 0 Å². The van der Waals surface area contributed by atoms with Crippen LogP contribution in [-0.2, 0) is 15.1 Å². The van der Waals surface area contributed by atoms with E-state index < -0.39 is 46.0 Å². The predicted octanol–water partition coefficient (Wildman–Crippen LogP) is 3.97. The number of ether oxygens (including phenoxy) is 1. The van der Waals surface area contributed by atoms with Gasteiger partial charge < -0.3 is 10.1 Å². The van der Waals surface area contributed by atoms with Crippen molar-refractivity contribution in [3.05, 3.63) is 35.1 Å². The van der Waals surface area contributed by atoms with Gasteiger partial charge in [-0.15, -0.1) is 0 Å². The Labute approximate surface area is 138 Å². The number of carbonyl (C=O) groups excluding carboxylic acids is 2. The van der Waals surface area contributed by atoms with Gasteiger partial charge in [-0.2, -0.15) is 0 Å². The van der Waals surface area contributed by atoms with Crippen LogP contribution in [0.5, 0.6) is 0 Å². The SMILES string of the molecule is CC(C)(C)OC(=O)NC1(c2cc(F)cc(F)c2F)CCCCC1=O. The van der Waals surface area contributed by atoms with Gasteiger partial charge in [-0.3, -0.25) is 4.79 Å². The number of ketones is 1. The average molecular weight is 343 g/mol. The van der Waals surface area contributed by atoms with Crippen molar-refractivity contribution in [2.45, 2.75) is 57.6 Å². The van der Waals surface area contributed by atoms with Crippen LogP contribution in [0.25, 0.3) is 0 Å². The Kier molecular flexibility index (Phi) is 4.92. The second-order valence-electron chi connectivity index (χ2n) is 6.91. The number of halogens is 3. The number of alkyl carbamates (subject to hydrolysis) is 1. The Morgan fingerprint density at radius 1 is 1.21 bits per heavy atom. The summed E-state index contributed by atoms with van der Waals surface area (Å²) >= 11 is 0. The Balaban J connectivity index is 2.49. The molecule has 24 heavy (non-hydrogen) atoms. The lowest BCUT2D eigenvalue weighted by Gasteiger charge is -2.37. The van der Waals surface area contributed by atoms with E-state index in [4.69, 9.17) is 4.74 Å². The largest absolute Gasteiger partial charge is 0.444 e. The smallest absolute Gasteiger partial charge is 0.408 e.